The van der Waals surface area contributed by atoms with Gasteiger partial charge in [0.1, 0.15) is 0 Å². The van der Waals surface area contributed by atoms with Crippen LogP contribution >= 0.6 is 0 Å². The maximum Gasteiger partial charge on any atom is 0.416 e. The van der Waals surface area contributed by atoms with E-state index < -0.39 is 63.3 Å². The Labute approximate surface area is 330 Å². The van der Waals surface area contributed by atoms with Crippen molar-refractivity contribution in [3.05, 3.63) is 192 Å². The molecule has 0 aliphatic rings. The molecule has 0 saturated heterocycles. The van der Waals surface area contributed by atoms with Gasteiger partial charge in [-0.15, -0.1) is 0 Å². The predicted octanol–water partition coefficient (Wildman–Crippen LogP) is 14.6. The molecular weight excluding hydrogens is 769 g/mol. The average Bonchev–Trinajstić information content (AvgIpc) is 3.77. The van der Waals surface area contributed by atoms with Crippen molar-refractivity contribution in [1.29, 1.82) is 0 Å². The number of para-hydroxylation sites is 2. The van der Waals surface area contributed by atoms with Crippen LogP contribution in [0.5, 0.6) is 0 Å². The number of fused-ring (bicyclic) bond motifs is 6. The lowest BCUT2D eigenvalue weighted by Gasteiger charge is -2.23. The van der Waals surface area contributed by atoms with Gasteiger partial charge in [-0.25, -0.2) is 22.0 Å². The second kappa shape index (κ2) is 13.4. The van der Waals surface area contributed by atoms with E-state index in [4.69, 9.17) is 0 Å². The second-order valence-electron chi connectivity index (χ2n) is 14.2. The smallest absolute Gasteiger partial charge is 0.308 e. The molecule has 0 unspecified atom stereocenters. The molecule has 59 heavy (non-hydrogen) atoms. The summed E-state index contributed by atoms with van der Waals surface area (Å²) in [5, 5.41) is 2.31. The number of halogens is 8. The molecule has 0 radical (unpaired) electrons. The normalized spacial score (nSPS) is 12.1. The summed E-state index contributed by atoms with van der Waals surface area (Å²) in [6, 6.07) is 44.1. The summed E-state index contributed by atoms with van der Waals surface area (Å²) in [6.07, 6.45) is -5.04. The van der Waals surface area contributed by atoms with Crippen LogP contribution < -0.4 is 0 Å². The number of hydrogen-bond acceptors (Lipinski definition) is 0. The first-order valence-electron chi connectivity index (χ1n) is 18.5. The molecule has 2 heterocycles. The summed E-state index contributed by atoms with van der Waals surface area (Å²) in [7, 11) is 0. The number of nitrogens with zero attached hydrogens (tertiary/aromatic N) is 2. The van der Waals surface area contributed by atoms with Crippen LogP contribution in [0.25, 0.3) is 88.4 Å². The minimum atomic E-state index is -5.04. The number of alkyl halides is 3. The van der Waals surface area contributed by atoms with Crippen molar-refractivity contribution in [2.45, 2.75) is 6.18 Å². The Balaban J connectivity index is 1.44. The summed E-state index contributed by atoms with van der Waals surface area (Å²) in [5.74, 6) is -11.3. The molecule has 288 valence electrons. The summed E-state index contributed by atoms with van der Waals surface area (Å²) < 4.78 is 128. The second-order valence-corrected chi connectivity index (χ2v) is 14.2. The molecular formula is C49H26F8N2. The number of hydrogen-bond donors (Lipinski definition) is 0. The Bertz CT molecular complexity index is 3100. The lowest BCUT2D eigenvalue weighted by molar-refractivity contribution is -0.137. The first-order chi connectivity index (χ1) is 28.5. The van der Waals surface area contributed by atoms with Gasteiger partial charge >= 0.3 is 6.18 Å². The molecule has 2 nitrogen and oxygen atoms in total. The highest BCUT2D eigenvalue weighted by molar-refractivity contribution is 6.13. The van der Waals surface area contributed by atoms with Crippen LogP contribution in [0.4, 0.5) is 35.1 Å². The van der Waals surface area contributed by atoms with Gasteiger partial charge in [0.15, 0.2) is 23.3 Å². The average molecular weight is 795 g/mol. The zero-order chi connectivity index (χ0) is 40.7. The minimum absolute atomic E-state index is 0.330. The SMILES string of the molecule is Fc1c(F)c(F)c(-c2c(-n3c4ccccc4c4ccc(-c5ccccc5)cc43)cc(C(F)(F)F)cc2-n2c3ccccc3c3ccc(-c4ccccc4)cc32)c(F)c1F. The van der Waals surface area contributed by atoms with Crippen LogP contribution in [0.1, 0.15) is 5.56 Å². The Morgan fingerprint density at radius 2 is 0.695 bits per heavy atom. The number of benzene rings is 8. The van der Waals surface area contributed by atoms with E-state index in [2.05, 4.69) is 0 Å². The molecule has 10 aromatic rings. The fourth-order valence-corrected chi connectivity index (χ4v) is 8.29. The van der Waals surface area contributed by atoms with E-state index >= 15 is 30.7 Å². The summed E-state index contributed by atoms with van der Waals surface area (Å²) in [6.45, 7) is 0. The van der Waals surface area contributed by atoms with Crippen molar-refractivity contribution in [3.8, 4) is 44.8 Å². The Morgan fingerprint density at radius 1 is 0.322 bits per heavy atom. The molecule has 0 spiro atoms. The molecule has 0 bridgehead atoms. The zero-order valence-corrected chi connectivity index (χ0v) is 30.4. The summed E-state index contributed by atoms with van der Waals surface area (Å²) in [5.41, 5.74) is 0.0459. The molecule has 0 atom stereocenters. The molecule has 10 rings (SSSR count). The van der Waals surface area contributed by atoms with Crippen LogP contribution in [-0.4, -0.2) is 9.13 Å². The van der Waals surface area contributed by atoms with E-state index in [0.717, 1.165) is 11.1 Å². The summed E-state index contributed by atoms with van der Waals surface area (Å²) in [4.78, 5) is 0. The Kier molecular flexibility index (Phi) is 8.24. The number of aromatic nitrogens is 2. The van der Waals surface area contributed by atoms with Gasteiger partial charge in [0.2, 0.25) is 5.82 Å². The fourth-order valence-electron chi connectivity index (χ4n) is 8.29. The molecule has 10 heteroatoms. The highest BCUT2D eigenvalue weighted by Gasteiger charge is 2.37. The maximum absolute atomic E-state index is 16.5. The van der Waals surface area contributed by atoms with Crippen molar-refractivity contribution >= 4 is 43.6 Å². The van der Waals surface area contributed by atoms with Crippen molar-refractivity contribution in [2.75, 3.05) is 0 Å². The van der Waals surface area contributed by atoms with E-state index in [1.54, 1.807) is 72.8 Å². The Hall–Kier alpha value is -7.20. The van der Waals surface area contributed by atoms with Gasteiger partial charge < -0.3 is 9.13 Å². The highest BCUT2D eigenvalue weighted by atomic mass is 19.4. The van der Waals surface area contributed by atoms with Crippen LogP contribution in [0.15, 0.2) is 158 Å². The lowest BCUT2D eigenvalue weighted by atomic mass is 9.95. The largest absolute Gasteiger partial charge is 0.416 e. The monoisotopic (exact) mass is 794 g/mol. The van der Waals surface area contributed by atoms with Gasteiger partial charge in [-0.05, 0) is 58.7 Å². The van der Waals surface area contributed by atoms with Gasteiger partial charge in [0, 0.05) is 27.1 Å². The van der Waals surface area contributed by atoms with E-state index in [1.807, 2.05) is 72.8 Å². The van der Waals surface area contributed by atoms with Crippen LogP contribution in [0, 0.1) is 29.1 Å². The third-order valence-electron chi connectivity index (χ3n) is 10.9. The molecule has 0 aliphatic heterocycles. The number of rotatable bonds is 5. The van der Waals surface area contributed by atoms with Gasteiger partial charge in [0.05, 0.1) is 44.6 Å². The zero-order valence-electron chi connectivity index (χ0n) is 30.4. The van der Waals surface area contributed by atoms with Crippen LogP contribution in [0.3, 0.4) is 0 Å². The topological polar surface area (TPSA) is 9.86 Å². The quantitative estimate of drug-likeness (QED) is 0.0933. The summed E-state index contributed by atoms with van der Waals surface area (Å²) >= 11 is 0. The molecule has 0 N–H and O–H groups in total. The molecule has 0 amide bonds. The first kappa shape index (κ1) is 36.2. The van der Waals surface area contributed by atoms with E-state index in [-0.39, 0.29) is 0 Å². The van der Waals surface area contributed by atoms with Crippen LogP contribution in [-0.2, 0) is 6.18 Å². The van der Waals surface area contributed by atoms with E-state index in [1.165, 1.54) is 9.13 Å². The van der Waals surface area contributed by atoms with Crippen molar-refractivity contribution < 1.29 is 35.1 Å². The standard InChI is InChI=1S/C49H26F8N2/c50-44-43(45(51)47(53)48(54)46(44)52)42-40(58-36-17-9-7-15-32(36)34-21-19-29(23-38(34)58)27-11-3-1-4-12-27)25-31(49(55,56)57)26-41(42)59-37-18-10-8-16-33(37)35-22-20-30(24-39(35)59)28-13-5-2-6-14-28/h1-26H. The van der Waals surface area contributed by atoms with Gasteiger partial charge in [0.25, 0.3) is 0 Å². The van der Waals surface area contributed by atoms with Gasteiger partial charge in [-0.1, -0.05) is 121 Å². The Morgan fingerprint density at radius 3 is 1.12 bits per heavy atom. The highest BCUT2D eigenvalue weighted by Crippen LogP contribution is 2.48. The van der Waals surface area contributed by atoms with Crippen molar-refractivity contribution in [3.63, 3.8) is 0 Å². The van der Waals surface area contributed by atoms with E-state index in [0.29, 0.717) is 66.9 Å². The fraction of sp³-hybridized carbons (Fsp3) is 0.0204. The molecule has 0 aliphatic carbocycles. The van der Waals surface area contributed by atoms with Crippen LogP contribution in [0.2, 0.25) is 0 Å². The first-order valence-corrected chi connectivity index (χ1v) is 18.5. The third kappa shape index (κ3) is 5.61. The van der Waals surface area contributed by atoms with Crippen molar-refractivity contribution in [1.82, 2.24) is 9.13 Å². The molecule has 8 aromatic carbocycles. The van der Waals surface area contributed by atoms with Gasteiger partial charge in [-0.3, -0.25) is 0 Å². The van der Waals surface area contributed by atoms with E-state index in [9.17, 15) is 4.39 Å². The maximum atomic E-state index is 16.5. The molecule has 0 fully saturated rings. The molecule has 2 aromatic heterocycles. The van der Waals surface area contributed by atoms with Gasteiger partial charge in [-0.2, -0.15) is 13.2 Å². The lowest BCUT2D eigenvalue weighted by Crippen LogP contribution is -2.13. The van der Waals surface area contributed by atoms with Crippen molar-refractivity contribution in [2.24, 2.45) is 0 Å². The predicted molar refractivity (Wildman–Crippen MR) is 216 cm³/mol. The molecule has 0 saturated carbocycles. The minimum Gasteiger partial charge on any atom is -0.308 e. The third-order valence-corrected chi connectivity index (χ3v) is 10.9.